The Bertz CT molecular complexity index is 445. The molecule has 0 atom stereocenters. The van der Waals surface area contributed by atoms with Gasteiger partial charge in [0, 0.05) is 0 Å². The van der Waals surface area contributed by atoms with Crippen molar-refractivity contribution >= 4 is 12.2 Å². The number of aryl methyl sites for hydroxylation is 2. The molecule has 2 N–H and O–H groups in total. The number of hydrogen-bond donors (Lipinski definition) is 1. The van der Waals surface area contributed by atoms with E-state index in [1.54, 1.807) is 0 Å². The van der Waals surface area contributed by atoms with Crippen LogP contribution in [-0.4, -0.2) is 7.05 Å². The molecule has 0 aliphatic heterocycles. The van der Waals surface area contributed by atoms with E-state index in [1.807, 2.05) is 0 Å². The Labute approximate surface area is 123 Å². The number of benzene rings is 2. The second-order valence-electron chi connectivity index (χ2n) is 4.15. The summed E-state index contributed by atoms with van der Waals surface area (Å²) in [5.74, 6) is 0. The van der Waals surface area contributed by atoms with Crippen molar-refractivity contribution in [1.29, 1.82) is 0 Å². The van der Waals surface area contributed by atoms with Crippen LogP contribution in [0.5, 0.6) is 0 Å². The zero-order valence-electron chi connectivity index (χ0n) is 12.8. The van der Waals surface area contributed by atoms with Crippen molar-refractivity contribution in [3.63, 3.8) is 0 Å². The first-order valence-electron chi connectivity index (χ1n) is 6.63. The van der Waals surface area contributed by atoms with Gasteiger partial charge in [0.15, 0.2) is 0 Å². The smallest absolute Gasteiger partial charge is 0.0195 e. The highest BCUT2D eigenvalue weighted by Gasteiger charge is 1.88. The Balaban J connectivity index is 0.000000829. The minimum atomic E-state index is 1.24. The maximum absolute atomic E-state index is 4.50. The van der Waals surface area contributed by atoms with Gasteiger partial charge in [-0.25, -0.2) is 0 Å². The summed E-state index contributed by atoms with van der Waals surface area (Å²) in [4.78, 5) is 0. The Hall–Kier alpha value is -2.12. The zero-order chi connectivity index (χ0) is 15.4. The van der Waals surface area contributed by atoms with Gasteiger partial charge in [0.05, 0.1) is 0 Å². The molecule has 1 nitrogen and oxygen atoms in total. The maximum atomic E-state index is 4.50. The molecular formula is C19H25N. The molecule has 0 unspecified atom stereocenters. The predicted molar refractivity (Wildman–Crippen MR) is 92.7 cm³/mol. The molecule has 1 heteroatoms. The summed E-state index contributed by atoms with van der Waals surface area (Å²) in [6.45, 7) is 10.2. The van der Waals surface area contributed by atoms with Gasteiger partial charge in [0.25, 0.3) is 0 Å². The molecule has 2 rings (SSSR count). The molecule has 2 aromatic rings. The van der Waals surface area contributed by atoms with Gasteiger partial charge >= 0.3 is 0 Å². The average Bonchev–Trinajstić information content (AvgIpc) is 2.52. The molecule has 0 fully saturated rings. The topological polar surface area (TPSA) is 26.0 Å². The van der Waals surface area contributed by atoms with Crippen molar-refractivity contribution in [3.05, 3.63) is 83.9 Å². The van der Waals surface area contributed by atoms with E-state index in [4.69, 9.17) is 0 Å². The van der Waals surface area contributed by atoms with E-state index >= 15 is 0 Å². The summed E-state index contributed by atoms with van der Waals surface area (Å²) in [5.41, 5.74) is 9.58. The Morgan fingerprint density at radius 3 is 1.15 bits per heavy atom. The van der Waals surface area contributed by atoms with Gasteiger partial charge in [-0.1, -0.05) is 71.8 Å². The van der Waals surface area contributed by atoms with Crippen LogP contribution >= 0.6 is 0 Å². The summed E-state index contributed by atoms with van der Waals surface area (Å²) in [6.07, 6.45) is 4.29. The van der Waals surface area contributed by atoms with Crippen LogP contribution < -0.4 is 5.73 Å². The van der Waals surface area contributed by atoms with Crippen LogP contribution in [0.25, 0.3) is 12.2 Å². The third-order valence-corrected chi connectivity index (χ3v) is 2.62. The lowest BCUT2D eigenvalue weighted by molar-refractivity contribution is 1.46. The summed E-state index contributed by atoms with van der Waals surface area (Å²) in [7, 11) is 1.50. The van der Waals surface area contributed by atoms with Crippen LogP contribution in [0.4, 0.5) is 0 Å². The van der Waals surface area contributed by atoms with E-state index in [1.165, 1.54) is 29.3 Å². The molecule has 106 valence electrons. The first kappa shape index (κ1) is 17.9. The van der Waals surface area contributed by atoms with Crippen molar-refractivity contribution in [2.45, 2.75) is 13.8 Å². The van der Waals surface area contributed by atoms with Gasteiger partial charge in [-0.05, 0) is 32.0 Å². The molecule has 20 heavy (non-hydrogen) atoms. The predicted octanol–water partition coefficient (Wildman–Crippen LogP) is 4.85. The summed E-state index contributed by atoms with van der Waals surface area (Å²) in [6, 6.07) is 17.1. The fourth-order valence-corrected chi connectivity index (χ4v) is 1.55. The molecule has 0 spiro atoms. The highest BCUT2D eigenvalue weighted by atomic mass is 14.4. The average molecular weight is 267 g/mol. The van der Waals surface area contributed by atoms with Crippen molar-refractivity contribution in [2.24, 2.45) is 5.73 Å². The van der Waals surface area contributed by atoms with Crippen LogP contribution in [-0.2, 0) is 0 Å². The van der Waals surface area contributed by atoms with E-state index in [0.717, 1.165) is 0 Å². The number of nitrogens with two attached hydrogens (primary N) is 1. The second kappa shape index (κ2) is 10.8. The largest absolute Gasteiger partial charge is 0.333 e. The summed E-state index contributed by atoms with van der Waals surface area (Å²) < 4.78 is 0. The lowest BCUT2D eigenvalue weighted by Gasteiger charge is -1.96. The monoisotopic (exact) mass is 267 g/mol. The Morgan fingerprint density at radius 1 is 0.650 bits per heavy atom. The highest BCUT2D eigenvalue weighted by Crippen LogP contribution is 2.10. The third kappa shape index (κ3) is 6.72. The van der Waals surface area contributed by atoms with Crippen LogP contribution in [0.1, 0.15) is 22.3 Å². The molecule has 0 aliphatic carbocycles. The first-order valence-corrected chi connectivity index (χ1v) is 6.63. The lowest BCUT2D eigenvalue weighted by atomic mass is 10.1. The van der Waals surface area contributed by atoms with Crippen LogP contribution in [0.15, 0.2) is 61.7 Å². The SMILES string of the molecule is C=C.CN.Cc1ccc(/C=C/c2ccc(C)cc2)cc1. The van der Waals surface area contributed by atoms with E-state index in [0.29, 0.717) is 0 Å². The molecule has 0 saturated heterocycles. The minimum absolute atomic E-state index is 1.24. The van der Waals surface area contributed by atoms with Gasteiger partial charge in [-0.3, -0.25) is 0 Å². The van der Waals surface area contributed by atoms with Gasteiger partial charge < -0.3 is 5.73 Å². The van der Waals surface area contributed by atoms with Crippen molar-refractivity contribution in [1.82, 2.24) is 0 Å². The van der Waals surface area contributed by atoms with E-state index in [9.17, 15) is 0 Å². The van der Waals surface area contributed by atoms with Gasteiger partial charge in [0.1, 0.15) is 0 Å². The van der Waals surface area contributed by atoms with Crippen LogP contribution in [0, 0.1) is 13.8 Å². The molecule has 0 aliphatic rings. The molecule has 0 bridgehead atoms. The Morgan fingerprint density at radius 2 is 0.900 bits per heavy atom. The fraction of sp³-hybridized carbons (Fsp3) is 0.158. The van der Waals surface area contributed by atoms with Gasteiger partial charge in [-0.2, -0.15) is 0 Å². The van der Waals surface area contributed by atoms with Crippen LogP contribution in [0.3, 0.4) is 0 Å². The van der Waals surface area contributed by atoms with E-state index in [2.05, 4.69) is 93.4 Å². The molecule has 0 amide bonds. The molecule has 2 aromatic carbocycles. The summed E-state index contributed by atoms with van der Waals surface area (Å²) >= 11 is 0. The van der Waals surface area contributed by atoms with E-state index < -0.39 is 0 Å². The summed E-state index contributed by atoms with van der Waals surface area (Å²) in [5, 5.41) is 0. The quantitative estimate of drug-likeness (QED) is 0.611. The van der Waals surface area contributed by atoms with Crippen molar-refractivity contribution in [2.75, 3.05) is 7.05 Å². The van der Waals surface area contributed by atoms with Crippen LogP contribution in [0.2, 0.25) is 0 Å². The molecular weight excluding hydrogens is 242 g/mol. The normalized spacial score (nSPS) is 9.20. The van der Waals surface area contributed by atoms with E-state index in [-0.39, 0.29) is 0 Å². The molecule has 0 heterocycles. The second-order valence-corrected chi connectivity index (χ2v) is 4.15. The standard InChI is InChI=1S/C16H16.C2H4.CH5N/c1-13-3-7-15(8-4-13)11-12-16-9-5-14(2)6-10-16;2*1-2/h3-12H,1-2H3;1-2H2;2H2,1H3/b12-11+;;. The van der Waals surface area contributed by atoms with Gasteiger partial charge in [-0.15, -0.1) is 13.2 Å². The van der Waals surface area contributed by atoms with Crippen molar-refractivity contribution < 1.29 is 0 Å². The maximum Gasteiger partial charge on any atom is -0.0195 e. The third-order valence-electron chi connectivity index (χ3n) is 2.62. The molecule has 0 radical (unpaired) electrons. The molecule has 0 aromatic heterocycles. The first-order chi connectivity index (χ1) is 9.74. The van der Waals surface area contributed by atoms with Crippen molar-refractivity contribution in [3.8, 4) is 0 Å². The lowest BCUT2D eigenvalue weighted by Crippen LogP contribution is -1.75. The molecule has 0 saturated carbocycles. The minimum Gasteiger partial charge on any atom is -0.333 e. The fourth-order valence-electron chi connectivity index (χ4n) is 1.55. The number of hydrogen-bond acceptors (Lipinski definition) is 1. The van der Waals surface area contributed by atoms with Gasteiger partial charge in [0.2, 0.25) is 0 Å². The zero-order valence-corrected chi connectivity index (χ0v) is 12.8. The highest BCUT2D eigenvalue weighted by molar-refractivity contribution is 5.69. The Kier molecular flexibility index (Phi) is 9.63. The number of rotatable bonds is 2.